The second-order valence-electron chi connectivity index (χ2n) is 12.9. The summed E-state index contributed by atoms with van der Waals surface area (Å²) in [4.78, 5) is 0. The maximum Gasteiger partial charge on any atom is 0.394 e. The molecule has 8 saturated carbocycles. The van der Waals surface area contributed by atoms with E-state index in [1.165, 1.54) is 51.4 Å². The number of rotatable bonds is 2. The first-order valence-electron chi connectivity index (χ1n) is 12.4. The third-order valence-electron chi connectivity index (χ3n) is 12.2. The number of halogens is 3. The van der Waals surface area contributed by atoms with Crippen LogP contribution in [0.2, 0.25) is 0 Å². The topological polar surface area (TPSA) is 0 Å². The molecule has 0 nitrogen and oxygen atoms in total. The van der Waals surface area contributed by atoms with Crippen molar-refractivity contribution < 1.29 is 13.2 Å². The summed E-state index contributed by atoms with van der Waals surface area (Å²) in [6, 6.07) is 0. The highest BCUT2D eigenvalue weighted by Gasteiger charge is 2.75. The van der Waals surface area contributed by atoms with Crippen LogP contribution in [0.15, 0.2) is 0 Å². The first-order valence-corrected chi connectivity index (χ1v) is 12.4. The van der Waals surface area contributed by atoms with Crippen molar-refractivity contribution in [2.24, 2.45) is 70.0 Å². The third kappa shape index (κ3) is 1.92. The molecule has 8 bridgehead atoms. The summed E-state index contributed by atoms with van der Waals surface area (Å²) in [5.74, 6) is 5.73. The van der Waals surface area contributed by atoms with Crippen molar-refractivity contribution in [1.29, 1.82) is 0 Å². The van der Waals surface area contributed by atoms with Gasteiger partial charge in [0.15, 0.2) is 0 Å². The number of alkyl halides is 3. The van der Waals surface area contributed by atoms with E-state index in [9.17, 15) is 13.2 Å². The van der Waals surface area contributed by atoms with Gasteiger partial charge in [-0.3, -0.25) is 0 Å². The Morgan fingerprint density at radius 3 is 1.96 bits per heavy atom. The number of hydrogen-bond donors (Lipinski definition) is 0. The molecule has 0 amide bonds. The molecule has 0 spiro atoms. The Bertz CT molecular complexity index is 666. The van der Waals surface area contributed by atoms with Gasteiger partial charge in [0.05, 0.1) is 5.41 Å². The standard InChI is InChI=1S/C25H35F3/c1-23(18-5-13-4-14(7-18)8-19(23)6-13)12-24(25(26,27)28)11-17-10-20(24)22-16-3-2-15(9-16)21(17)22/h13-22H,2-12H2,1H3. The molecule has 0 aromatic heterocycles. The van der Waals surface area contributed by atoms with Crippen LogP contribution in [0.25, 0.3) is 0 Å². The molecule has 7 unspecified atom stereocenters. The average molecular weight is 393 g/mol. The largest absolute Gasteiger partial charge is 0.394 e. The Kier molecular flexibility index (Phi) is 3.22. The number of hydrogen-bond acceptors (Lipinski definition) is 0. The second-order valence-corrected chi connectivity index (χ2v) is 12.9. The maximum atomic E-state index is 15.0. The highest BCUT2D eigenvalue weighted by molar-refractivity contribution is 5.19. The Morgan fingerprint density at radius 2 is 1.36 bits per heavy atom. The van der Waals surface area contributed by atoms with Crippen molar-refractivity contribution in [1.82, 2.24) is 0 Å². The predicted molar refractivity (Wildman–Crippen MR) is 102 cm³/mol. The second kappa shape index (κ2) is 5.16. The predicted octanol–water partition coefficient (Wildman–Crippen LogP) is 7.09. The summed E-state index contributed by atoms with van der Waals surface area (Å²) in [5.41, 5.74) is -1.38. The summed E-state index contributed by atoms with van der Waals surface area (Å²) < 4.78 is 44.9. The van der Waals surface area contributed by atoms with Gasteiger partial charge >= 0.3 is 6.18 Å². The lowest BCUT2D eigenvalue weighted by Crippen LogP contribution is -2.57. The SMILES string of the molecule is CC1(CC2(C(F)(F)F)CC3CC2C2C4CCC(C4)C32)C2CC3CC(C2)CC1C3. The minimum atomic E-state index is -4.00. The molecule has 8 aliphatic rings. The van der Waals surface area contributed by atoms with Gasteiger partial charge in [-0.1, -0.05) is 6.92 Å². The molecule has 3 heteroatoms. The van der Waals surface area contributed by atoms with E-state index in [0.717, 1.165) is 24.2 Å². The van der Waals surface area contributed by atoms with E-state index in [2.05, 4.69) is 6.92 Å². The number of fused-ring (bicyclic) bond motifs is 9. The molecule has 8 fully saturated rings. The Morgan fingerprint density at radius 1 is 0.750 bits per heavy atom. The minimum absolute atomic E-state index is 0.0354. The van der Waals surface area contributed by atoms with Crippen LogP contribution in [-0.2, 0) is 0 Å². The van der Waals surface area contributed by atoms with E-state index < -0.39 is 11.6 Å². The van der Waals surface area contributed by atoms with Gasteiger partial charge in [0.25, 0.3) is 0 Å². The Hall–Kier alpha value is -0.210. The summed E-state index contributed by atoms with van der Waals surface area (Å²) in [6.07, 6.45) is 8.04. The summed E-state index contributed by atoms with van der Waals surface area (Å²) in [5, 5.41) is 0. The van der Waals surface area contributed by atoms with Crippen LogP contribution in [0.5, 0.6) is 0 Å². The van der Waals surface area contributed by atoms with Crippen LogP contribution in [-0.4, -0.2) is 6.18 Å². The molecule has 28 heavy (non-hydrogen) atoms. The monoisotopic (exact) mass is 392 g/mol. The van der Waals surface area contributed by atoms with E-state index >= 15 is 0 Å². The van der Waals surface area contributed by atoms with Gasteiger partial charge in [-0.2, -0.15) is 13.2 Å². The summed E-state index contributed by atoms with van der Waals surface area (Å²) in [7, 11) is 0. The fourth-order valence-electron chi connectivity index (χ4n) is 11.6. The highest BCUT2D eigenvalue weighted by Crippen LogP contribution is 2.78. The molecule has 7 atom stereocenters. The molecule has 8 aliphatic carbocycles. The smallest absolute Gasteiger partial charge is 0.170 e. The van der Waals surface area contributed by atoms with E-state index in [0.29, 0.717) is 48.3 Å². The van der Waals surface area contributed by atoms with E-state index in [1.54, 1.807) is 0 Å². The molecule has 0 aromatic carbocycles. The van der Waals surface area contributed by atoms with Gasteiger partial charge < -0.3 is 0 Å². The van der Waals surface area contributed by atoms with Gasteiger partial charge in [-0.15, -0.1) is 0 Å². The van der Waals surface area contributed by atoms with Gasteiger partial charge in [0, 0.05) is 0 Å². The van der Waals surface area contributed by atoms with Gasteiger partial charge in [-0.05, 0) is 135 Å². The first kappa shape index (κ1) is 17.5. The van der Waals surface area contributed by atoms with Crippen molar-refractivity contribution in [3.63, 3.8) is 0 Å². The fourth-order valence-corrected chi connectivity index (χ4v) is 11.6. The van der Waals surface area contributed by atoms with Crippen LogP contribution in [0, 0.1) is 70.0 Å². The minimum Gasteiger partial charge on any atom is -0.170 e. The molecular formula is C25H35F3. The highest BCUT2D eigenvalue weighted by atomic mass is 19.4. The maximum absolute atomic E-state index is 15.0. The van der Waals surface area contributed by atoms with E-state index in [-0.39, 0.29) is 11.3 Å². The molecule has 0 aliphatic heterocycles. The lowest BCUT2D eigenvalue weighted by Gasteiger charge is -2.63. The van der Waals surface area contributed by atoms with E-state index in [1.807, 2.05) is 0 Å². The molecule has 156 valence electrons. The zero-order valence-corrected chi connectivity index (χ0v) is 17.2. The molecule has 0 saturated heterocycles. The van der Waals surface area contributed by atoms with Gasteiger partial charge in [0.2, 0.25) is 0 Å². The van der Waals surface area contributed by atoms with Gasteiger partial charge in [0.1, 0.15) is 0 Å². The van der Waals surface area contributed by atoms with Crippen molar-refractivity contribution in [3.8, 4) is 0 Å². The van der Waals surface area contributed by atoms with Crippen molar-refractivity contribution in [2.45, 2.75) is 83.7 Å². The van der Waals surface area contributed by atoms with Crippen LogP contribution in [0.4, 0.5) is 13.2 Å². The molecule has 0 N–H and O–H groups in total. The van der Waals surface area contributed by atoms with E-state index in [4.69, 9.17) is 0 Å². The molecule has 0 heterocycles. The van der Waals surface area contributed by atoms with Crippen molar-refractivity contribution >= 4 is 0 Å². The first-order chi connectivity index (χ1) is 13.3. The van der Waals surface area contributed by atoms with Crippen LogP contribution < -0.4 is 0 Å². The molecular weight excluding hydrogens is 357 g/mol. The van der Waals surface area contributed by atoms with Gasteiger partial charge in [-0.25, -0.2) is 0 Å². The van der Waals surface area contributed by atoms with Crippen LogP contribution >= 0.6 is 0 Å². The van der Waals surface area contributed by atoms with Crippen LogP contribution in [0.3, 0.4) is 0 Å². The summed E-state index contributed by atoms with van der Waals surface area (Å²) in [6.45, 7) is 2.32. The summed E-state index contributed by atoms with van der Waals surface area (Å²) >= 11 is 0. The molecule has 0 aromatic rings. The fraction of sp³-hybridized carbons (Fsp3) is 1.00. The average Bonchev–Trinajstić information content (AvgIpc) is 3.37. The Labute approximate surface area is 167 Å². The van der Waals surface area contributed by atoms with Crippen molar-refractivity contribution in [2.75, 3.05) is 0 Å². The quantitative estimate of drug-likeness (QED) is 0.440. The molecule has 8 rings (SSSR count). The zero-order chi connectivity index (χ0) is 19.1. The normalized spacial score (nSPS) is 63.4. The molecule has 0 radical (unpaired) electrons. The Balaban J connectivity index is 1.27. The van der Waals surface area contributed by atoms with Crippen LogP contribution in [0.1, 0.15) is 77.6 Å². The zero-order valence-electron chi connectivity index (χ0n) is 17.2. The van der Waals surface area contributed by atoms with Crippen molar-refractivity contribution in [3.05, 3.63) is 0 Å². The lowest BCUT2D eigenvalue weighted by atomic mass is 9.42. The lowest BCUT2D eigenvalue weighted by molar-refractivity contribution is -0.275. The third-order valence-corrected chi connectivity index (χ3v) is 12.2.